The van der Waals surface area contributed by atoms with Gasteiger partial charge in [-0.25, -0.2) is 4.79 Å². The molecule has 0 aromatic rings. The number of fused-ring (bicyclic) bond motifs is 1. The van der Waals surface area contributed by atoms with Crippen molar-refractivity contribution in [1.29, 1.82) is 0 Å². The van der Waals surface area contributed by atoms with Gasteiger partial charge in [0, 0.05) is 18.6 Å². The molecule has 2 heterocycles. The van der Waals surface area contributed by atoms with Gasteiger partial charge < -0.3 is 15.2 Å². The number of carbonyl (C=O) groups excluding carboxylic acids is 1. The number of carboxylic acids is 1. The average molecular weight is 242 g/mol. The maximum atomic E-state index is 11.5. The minimum Gasteiger partial charge on any atom is -0.480 e. The second kappa shape index (κ2) is 5.46. The highest BCUT2D eigenvalue weighted by Crippen LogP contribution is 2.27. The Morgan fingerprint density at radius 1 is 1.29 bits per heavy atom. The number of nitrogens with one attached hydrogen (secondary N) is 1. The van der Waals surface area contributed by atoms with E-state index in [-0.39, 0.29) is 18.6 Å². The third-order valence-electron chi connectivity index (χ3n) is 3.41. The Kier molecular flexibility index (Phi) is 3.96. The molecular formula is C11H18N2O4. The minimum atomic E-state index is -1.05. The molecule has 0 spiro atoms. The van der Waals surface area contributed by atoms with E-state index in [0.717, 1.165) is 25.9 Å². The van der Waals surface area contributed by atoms with Gasteiger partial charge in [0.2, 0.25) is 5.91 Å². The fourth-order valence-corrected chi connectivity index (χ4v) is 2.73. The van der Waals surface area contributed by atoms with Gasteiger partial charge in [0.25, 0.3) is 0 Å². The molecule has 96 valence electrons. The Labute approximate surface area is 99.9 Å². The Bertz CT molecular complexity index is 308. The van der Waals surface area contributed by atoms with Gasteiger partial charge in [-0.15, -0.1) is 0 Å². The predicted molar refractivity (Wildman–Crippen MR) is 59.6 cm³/mol. The first kappa shape index (κ1) is 12.3. The standard InChI is InChI=1S/C11H18N2O4/c14-10(6-17-7-11(15)16)12-8-3-5-13-4-1-2-9(8)13/h8-9H,1-7H2,(H,12,14)(H,15,16). The van der Waals surface area contributed by atoms with Crippen molar-refractivity contribution < 1.29 is 19.4 Å². The van der Waals surface area contributed by atoms with Crippen LogP contribution in [0.2, 0.25) is 0 Å². The molecule has 17 heavy (non-hydrogen) atoms. The minimum absolute atomic E-state index is 0.171. The van der Waals surface area contributed by atoms with Crippen LogP contribution < -0.4 is 5.32 Å². The van der Waals surface area contributed by atoms with Gasteiger partial charge in [-0.1, -0.05) is 0 Å². The third-order valence-corrected chi connectivity index (χ3v) is 3.41. The highest BCUT2D eigenvalue weighted by molar-refractivity contribution is 5.78. The van der Waals surface area contributed by atoms with Crippen LogP contribution in [0.3, 0.4) is 0 Å². The molecule has 0 aliphatic carbocycles. The summed E-state index contributed by atoms with van der Waals surface area (Å²) in [6.45, 7) is 1.58. The van der Waals surface area contributed by atoms with Crippen molar-refractivity contribution in [3.8, 4) is 0 Å². The number of nitrogens with zero attached hydrogens (tertiary/aromatic N) is 1. The summed E-state index contributed by atoms with van der Waals surface area (Å²) in [7, 11) is 0. The molecule has 2 N–H and O–H groups in total. The monoisotopic (exact) mass is 242 g/mol. The van der Waals surface area contributed by atoms with Gasteiger partial charge in [-0.2, -0.15) is 0 Å². The quantitative estimate of drug-likeness (QED) is 0.675. The Balaban J connectivity index is 1.70. The summed E-state index contributed by atoms with van der Waals surface area (Å²) < 4.78 is 4.75. The molecule has 2 aliphatic heterocycles. The van der Waals surface area contributed by atoms with Crippen molar-refractivity contribution in [1.82, 2.24) is 10.2 Å². The molecule has 6 nitrogen and oxygen atoms in total. The van der Waals surface area contributed by atoms with E-state index < -0.39 is 12.6 Å². The first-order valence-corrected chi connectivity index (χ1v) is 6.00. The molecule has 2 unspecified atom stereocenters. The lowest BCUT2D eigenvalue weighted by Gasteiger charge is -2.21. The Hall–Kier alpha value is -1.14. The average Bonchev–Trinajstić information content (AvgIpc) is 2.82. The molecule has 0 aromatic carbocycles. The zero-order valence-electron chi connectivity index (χ0n) is 9.72. The number of aliphatic carboxylic acids is 1. The SMILES string of the molecule is O=C(O)COCC(=O)NC1CCN2CCCC12. The number of carbonyl (C=O) groups is 2. The van der Waals surface area contributed by atoms with Crippen LogP contribution in [0, 0.1) is 0 Å². The summed E-state index contributed by atoms with van der Waals surface area (Å²) in [6, 6.07) is 0.678. The van der Waals surface area contributed by atoms with Crippen molar-refractivity contribution >= 4 is 11.9 Å². The van der Waals surface area contributed by atoms with E-state index in [2.05, 4.69) is 10.2 Å². The summed E-state index contributed by atoms with van der Waals surface area (Å²) in [5.74, 6) is -1.27. The third kappa shape index (κ3) is 3.17. The second-order valence-electron chi connectivity index (χ2n) is 4.59. The Morgan fingerprint density at radius 3 is 2.88 bits per heavy atom. The van der Waals surface area contributed by atoms with Crippen LogP contribution in [-0.4, -0.2) is 60.3 Å². The largest absolute Gasteiger partial charge is 0.480 e. The second-order valence-corrected chi connectivity index (χ2v) is 4.59. The molecule has 0 saturated carbocycles. The van der Waals surface area contributed by atoms with Gasteiger partial charge in [-0.05, 0) is 25.8 Å². The highest BCUT2D eigenvalue weighted by Gasteiger charge is 2.37. The molecule has 0 bridgehead atoms. The van der Waals surface area contributed by atoms with Gasteiger partial charge >= 0.3 is 5.97 Å². The molecule has 2 aliphatic rings. The van der Waals surface area contributed by atoms with Crippen LogP contribution in [0.5, 0.6) is 0 Å². The van der Waals surface area contributed by atoms with Gasteiger partial charge in [0.1, 0.15) is 13.2 Å². The first-order chi connectivity index (χ1) is 8.16. The van der Waals surface area contributed by atoms with Crippen molar-refractivity contribution in [3.05, 3.63) is 0 Å². The maximum Gasteiger partial charge on any atom is 0.329 e. The molecule has 0 aromatic heterocycles. The summed E-state index contributed by atoms with van der Waals surface area (Å²) in [5.41, 5.74) is 0. The fraction of sp³-hybridized carbons (Fsp3) is 0.818. The number of ether oxygens (including phenoxy) is 1. The van der Waals surface area contributed by atoms with Gasteiger partial charge in [0.05, 0.1) is 0 Å². The molecule has 6 heteroatoms. The molecule has 2 saturated heterocycles. The number of carboxylic acid groups (broad SMARTS) is 1. The molecular weight excluding hydrogens is 224 g/mol. The van der Waals surface area contributed by atoms with E-state index in [4.69, 9.17) is 9.84 Å². The van der Waals surface area contributed by atoms with Crippen molar-refractivity contribution in [2.45, 2.75) is 31.3 Å². The zero-order chi connectivity index (χ0) is 12.3. The lowest BCUT2D eigenvalue weighted by molar-refractivity contribution is -0.143. The van der Waals surface area contributed by atoms with Crippen molar-refractivity contribution in [3.63, 3.8) is 0 Å². The summed E-state index contributed by atoms with van der Waals surface area (Å²) in [4.78, 5) is 24.1. The van der Waals surface area contributed by atoms with Crippen molar-refractivity contribution in [2.75, 3.05) is 26.3 Å². The van der Waals surface area contributed by atoms with Crippen LogP contribution in [0.25, 0.3) is 0 Å². The van der Waals surface area contributed by atoms with Crippen LogP contribution in [-0.2, 0) is 14.3 Å². The number of rotatable bonds is 5. The molecule has 1 amide bonds. The normalized spacial score (nSPS) is 28.0. The predicted octanol–water partition coefficient (Wildman–Crippen LogP) is -0.559. The molecule has 2 rings (SSSR count). The van der Waals surface area contributed by atoms with Gasteiger partial charge in [0.15, 0.2) is 0 Å². The molecule has 2 atom stereocenters. The molecule has 0 radical (unpaired) electrons. The van der Waals surface area contributed by atoms with E-state index in [1.165, 1.54) is 6.42 Å². The van der Waals surface area contributed by atoms with Crippen LogP contribution >= 0.6 is 0 Å². The first-order valence-electron chi connectivity index (χ1n) is 6.00. The number of amides is 1. The summed E-state index contributed by atoms with van der Waals surface area (Å²) in [6.07, 6.45) is 3.32. The van der Waals surface area contributed by atoms with Crippen LogP contribution in [0.1, 0.15) is 19.3 Å². The van der Waals surface area contributed by atoms with Crippen molar-refractivity contribution in [2.24, 2.45) is 0 Å². The summed E-state index contributed by atoms with van der Waals surface area (Å²) >= 11 is 0. The van der Waals surface area contributed by atoms with Crippen LogP contribution in [0.15, 0.2) is 0 Å². The zero-order valence-corrected chi connectivity index (χ0v) is 9.72. The van der Waals surface area contributed by atoms with E-state index in [1.807, 2.05) is 0 Å². The van der Waals surface area contributed by atoms with E-state index >= 15 is 0 Å². The fourth-order valence-electron chi connectivity index (χ4n) is 2.73. The lowest BCUT2D eigenvalue weighted by Crippen LogP contribution is -2.43. The topological polar surface area (TPSA) is 78.9 Å². The van der Waals surface area contributed by atoms with Crippen LogP contribution in [0.4, 0.5) is 0 Å². The summed E-state index contributed by atoms with van der Waals surface area (Å²) in [5, 5.41) is 11.3. The lowest BCUT2D eigenvalue weighted by atomic mass is 10.1. The van der Waals surface area contributed by atoms with E-state index in [9.17, 15) is 9.59 Å². The maximum absolute atomic E-state index is 11.5. The molecule has 2 fully saturated rings. The van der Waals surface area contributed by atoms with E-state index in [1.54, 1.807) is 0 Å². The number of hydrogen-bond donors (Lipinski definition) is 2. The smallest absolute Gasteiger partial charge is 0.329 e. The Morgan fingerprint density at radius 2 is 2.12 bits per heavy atom. The van der Waals surface area contributed by atoms with E-state index in [0.29, 0.717) is 6.04 Å². The highest BCUT2D eigenvalue weighted by atomic mass is 16.5. The van der Waals surface area contributed by atoms with Gasteiger partial charge in [-0.3, -0.25) is 9.69 Å². The number of hydrogen-bond acceptors (Lipinski definition) is 4.